The number of benzene rings is 2. The maximum absolute atomic E-state index is 12.8. The number of hydrogen-bond donors (Lipinski definition) is 1. The summed E-state index contributed by atoms with van der Waals surface area (Å²) in [5.74, 6) is 0.140. The van der Waals surface area contributed by atoms with Gasteiger partial charge in [-0.25, -0.2) is 0 Å². The van der Waals surface area contributed by atoms with E-state index >= 15 is 0 Å². The lowest BCUT2D eigenvalue weighted by Gasteiger charge is -2.10. The third kappa shape index (κ3) is 2.57. The monoisotopic (exact) mass is 365 g/mol. The second kappa shape index (κ2) is 6.34. The zero-order valence-electron chi connectivity index (χ0n) is 14.1. The first-order chi connectivity index (χ1) is 12.6. The second-order valence-electron chi connectivity index (χ2n) is 5.75. The Balaban J connectivity index is 1.95. The van der Waals surface area contributed by atoms with E-state index in [9.17, 15) is 9.90 Å². The summed E-state index contributed by atoms with van der Waals surface area (Å²) in [7, 11) is 1.65. The Morgan fingerprint density at radius 3 is 2.54 bits per heavy atom. The van der Waals surface area contributed by atoms with Gasteiger partial charge in [0.1, 0.15) is 11.3 Å². The molecule has 0 radical (unpaired) electrons. The molecule has 0 fully saturated rings. The maximum Gasteiger partial charge on any atom is 0.267 e. The molecule has 6 nitrogen and oxygen atoms in total. The number of pyridine rings is 1. The molecule has 0 aliphatic rings. The number of nitrogens with zero attached hydrogens (tertiary/aromatic N) is 3. The van der Waals surface area contributed by atoms with Crippen molar-refractivity contribution in [3.8, 4) is 28.7 Å². The van der Waals surface area contributed by atoms with Crippen LogP contribution in [0.2, 0.25) is 0 Å². The minimum Gasteiger partial charge on any atom is -0.506 e. The molecule has 4 rings (SSSR count). The molecule has 0 atom stereocenters. The van der Waals surface area contributed by atoms with E-state index < -0.39 is 5.56 Å². The number of aryl methyl sites for hydroxylation is 1. The van der Waals surface area contributed by atoms with Gasteiger partial charge in [-0.3, -0.25) is 4.79 Å². The van der Waals surface area contributed by atoms with E-state index in [1.54, 1.807) is 18.8 Å². The summed E-state index contributed by atoms with van der Waals surface area (Å²) in [6.07, 6.45) is 1.95. The molecule has 0 saturated carbocycles. The van der Waals surface area contributed by atoms with Crippen molar-refractivity contribution in [2.24, 2.45) is 7.05 Å². The van der Waals surface area contributed by atoms with Gasteiger partial charge >= 0.3 is 0 Å². The van der Waals surface area contributed by atoms with E-state index in [2.05, 4.69) is 10.2 Å². The molecule has 0 spiro atoms. The van der Waals surface area contributed by atoms with E-state index in [-0.39, 0.29) is 17.2 Å². The summed E-state index contributed by atoms with van der Waals surface area (Å²) in [5, 5.41) is 19.3. The minimum atomic E-state index is -0.393. The van der Waals surface area contributed by atoms with Crippen molar-refractivity contribution in [2.75, 3.05) is 6.26 Å². The van der Waals surface area contributed by atoms with Crippen LogP contribution >= 0.6 is 11.8 Å². The quantitative estimate of drug-likeness (QED) is 0.558. The molecule has 2 aromatic heterocycles. The van der Waals surface area contributed by atoms with Crippen LogP contribution in [0.15, 0.2) is 62.6 Å². The maximum atomic E-state index is 12.8. The smallest absolute Gasteiger partial charge is 0.267 e. The molecular weight excluding hydrogens is 350 g/mol. The number of fused-ring (bicyclic) bond motifs is 1. The summed E-state index contributed by atoms with van der Waals surface area (Å²) >= 11 is 1.56. The highest BCUT2D eigenvalue weighted by Crippen LogP contribution is 2.35. The van der Waals surface area contributed by atoms with Gasteiger partial charge in [-0.1, -0.05) is 18.2 Å². The van der Waals surface area contributed by atoms with E-state index in [1.165, 1.54) is 4.57 Å². The minimum absolute atomic E-state index is 0.00147. The molecular formula is C19H15N3O3S. The van der Waals surface area contributed by atoms with Gasteiger partial charge in [-0.05, 0) is 36.6 Å². The van der Waals surface area contributed by atoms with Crippen molar-refractivity contribution < 1.29 is 9.52 Å². The standard InChI is InChI=1S/C19H15N3O3S/c1-22-14-9-8-12(26-2)10-13(14)16(23)15(19(22)24)18-21-20-17(25-18)11-6-4-3-5-7-11/h3-10,23H,1-2H3. The number of thioether (sulfide) groups is 1. The van der Waals surface area contributed by atoms with Crippen LogP contribution in [0.5, 0.6) is 5.75 Å². The van der Waals surface area contributed by atoms with Gasteiger partial charge in [-0.15, -0.1) is 22.0 Å². The highest BCUT2D eigenvalue weighted by Gasteiger charge is 2.22. The Kier molecular flexibility index (Phi) is 4.00. The molecule has 0 unspecified atom stereocenters. The fraction of sp³-hybridized carbons (Fsp3) is 0.105. The third-order valence-electron chi connectivity index (χ3n) is 4.24. The Hall–Kier alpha value is -3.06. The summed E-state index contributed by atoms with van der Waals surface area (Å²) in [5.41, 5.74) is 0.993. The van der Waals surface area contributed by atoms with Crippen molar-refractivity contribution in [3.63, 3.8) is 0 Å². The lowest BCUT2D eigenvalue weighted by Crippen LogP contribution is -2.19. The molecule has 0 aliphatic heterocycles. The zero-order valence-corrected chi connectivity index (χ0v) is 14.9. The molecule has 0 aliphatic carbocycles. The van der Waals surface area contributed by atoms with Crippen LogP contribution in [0.25, 0.3) is 33.8 Å². The lowest BCUT2D eigenvalue weighted by molar-refractivity contribution is 0.477. The topological polar surface area (TPSA) is 81.2 Å². The molecule has 2 heterocycles. The van der Waals surface area contributed by atoms with Crippen molar-refractivity contribution >= 4 is 22.7 Å². The van der Waals surface area contributed by atoms with Crippen LogP contribution in [0.3, 0.4) is 0 Å². The first-order valence-electron chi connectivity index (χ1n) is 7.89. The van der Waals surface area contributed by atoms with Crippen LogP contribution in [0.4, 0.5) is 0 Å². The van der Waals surface area contributed by atoms with Crippen LogP contribution in [-0.4, -0.2) is 26.1 Å². The SMILES string of the molecule is CSc1ccc2c(c1)c(O)c(-c1nnc(-c3ccccc3)o1)c(=O)n2C. The summed E-state index contributed by atoms with van der Waals surface area (Å²) in [4.78, 5) is 13.8. The predicted octanol–water partition coefficient (Wildman–Crippen LogP) is 3.68. The van der Waals surface area contributed by atoms with Crippen LogP contribution in [0, 0.1) is 0 Å². The van der Waals surface area contributed by atoms with Crippen molar-refractivity contribution in [3.05, 3.63) is 58.9 Å². The Morgan fingerprint density at radius 2 is 1.81 bits per heavy atom. The molecule has 0 saturated heterocycles. The van der Waals surface area contributed by atoms with E-state index in [0.717, 1.165) is 10.5 Å². The van der Waals surface area contributed by atoms with Gasteiger partial charge in [-0.2, -0.15) is 0 Å². The van der Waals surface area contributed by atoms with Crippen molar-refractivity contribution in [1.82, 2.24) is 14.8 Å². The highest BCUT2D eigenvalue weighted by atomic mass is 32.2. The van der Waals surface area contributed by atoms with Crippen molar-refractivity contribution in [1.29, 1.82) is 0 Å². The largest absolute Gasteiger partial charge is 0.506 e. The van der Waals surface area contributed by atoms with Gasteiger partial charge in [0.25, 0.3) is 11.4 Å². The zero-order chi connectivity index (χ0) is 18.3. The van der Waals surface area contributed by atoms with Gasteiger partial charge in [0.15, 0.2) is 0 Å². The average molecular weight is 365 g/mol. The van der Waals surface area contributed by atoms with E-state index in [4.69, 9.17) is 4.42 Å². The average Bonchev–Trinajstić information content (AvgIpc) is 3.16. The number of aromatic nitrogens is 3. The van der Waals surface area contributed by atoms with E-state index in [1.807, 2.05) is 54.8 Å². The van der Waals surface area contributed by atoms with Crippen LogP contribution < -0.4 is 5.56 Å². The summed E-state index contributed by atoms with van der Waals surface area (Å²) in [6.45, 7) is 0. The van der Waals surface area contributed by atoms with Gasteiger partial charge in [0.05, 0.1) is 5.52 Å². The number of aromatic hydroxyl groups is 1. The highest BCUT2D eigenvalue weighted by molar-refractivity contribution is 7.98. The Labute approximate surface area is 153 Å². The fourth-order valence-electron chi connectivity index (χ4n) is 2.85. The number of hydrogen-bond acceptors (Lipinski definition) is 6. The normalized spacial score (nSPS) is 11.2. The molecule has 130 valence electrons. The molecule has 2 aromatic carbocycles. The second-order valence-corrected chi connectivity index (χ2v) is 6.63. The predicted molar refractivity (Wildman–Crippen MR) is 101 cm³/mol. The summed E-state index contributed by atoms with van der Waals surface area (Å²) in [6, 6.07) is 14.8. The molecule has 7 heteroatoms. The van der Waals surface area contributed by atoms with E-state index in [0.29, 0.717) is 16.8 Å². The molecule has 0 bridgehead atoms. The summed E-state index contributed by atoms with van der Waals surface area (Å²) < 4.78 is 7.15. The number of rotatable bonds is 3. The molecule has 0 amide bonds. The van der Waals surface area contributed by atoms with Crippen LogP contribution in [-0.2, 0) is 7.05 Å². The Morgan fingerprint density at radius 1 is 1.08 bits per heavy atom. The molecule has 4 aromatic rings. The molecule has 26 heavy (non-hydrogen) atoms. The van der Waals surface area contributed by atoms with Gasteiger partial charge in [0.2, 0.25) is 5.89 Å². The first-order valence-corrected chi connectivity index (χ1v) is 9.11. The lowest BCUT2D eigenvalue weighted by atomic mass is 10.1. The van der Waals surface area contributed by atoms with Gasteiger partial charge in [0, 0.05) is 22.9 Å². The molecule has 1 N–H and O–H groups in total. The fourth-order valence-corrected chi connectivity index (χ4v) is 3.29. The third-order valence-corrected chi connectivity index (χ3v) is 4.96. The Bertz CT molecular complexity index is 1170. The first kappa shape index (κ1) is 16.4. The van der Waals surface area contributed by atoms with Crippen molar-refractivity contribution in [2.45, 2.75) is 4.90 Å². The van der Waals surface area contributed by atoms with Gasteiger partial charge < -0.3 is 14.1 Å². The van der Waals surface area contributed by atoms with Crippen LogP contribution in [0.1, 0.15) is 0 Å².